The Morgan fingerprint density at radius 1 is 1.19 bits per heavy atom. The van der Waals surface area contributed by atoms with Crippen molar-refractivity contribution in [3.63, 3.8) is 0 Å². The second-order valence-corrected chi connectivity index (χ2v) is 8.29. The number of aryl methyl sites for hydroxylation is 1. The summed E-state index contributed by atoms with van der Waals surface area (Å²) in [7, 11) is 0. The van der Waals surface area contributed by atoms with Gasteiger partial charge in [0.15, 0.2) is 0 Å². The van der Waals surface area contributed by atoms with Gasteiger partial charge >= 0.3 is 0 Å². The van der Waals surface area contributed by atoms with Gasteiger partial charge in [-0.25, -0.2) is 0 Å². The normalized spacial score (nSPS) is 11.7. The Balaban J connectivity index is 2.12. The van der Waals surface area contributed by atoms with Gasteiger partial charge in [-0.05, 0) is 50.6 Å². The lowest BCUT2D eigenvalue weighted by Gasteiger charge is -2.28. The number of hydrogen-bond donors (Lipinski definition) is 1. The first kappa shape index (κ1) is 21.5. The zero-order valence-corrected chi connectivity index (χ0v) is 18.3. The fourth-order valence-corrected chi connectivity index (χ4v) is 3.83. The number of carbonyl (C=O) groups excluding carboxylic acids is 2. The molecule has 0 aliphatic rings. The number of nitrogens with one attached hydrogen (secondary N) is 1. The highest BCUT2D eigenvalue weighted by molar-refractivity contribution is 9.10. The van der Waals surface area contributed by atoms with Gasteiger partial charge in [0.1, 0.15) is 6.04 Å². The molecule has 1 N–H and O–H groups in total. The van der Waals surface area contributed by atoms with E-state index >= 15 is 0 Å². The van der Waals surface area contributed by atoms with E-state index in [1.165, 1.54) is 17.3 Å². The highest BCUT2D eigenvalue weighted by atomic mass is 79.9. The molecule has 2 aromatic rings. The zero-order valence-electron chi connectivity index (χ0n) is 15.9. The minimum Gasteiger partial charge on any atom is -0.355 e. The molecule has 27 heavy (non-hydrogen) atoms. The van der Waals surface area contributed by atoms with Crippen molar-refractivity contribution in [2.45, 2.75) is 38.3 Å². The van der Waals surface area contributed by atoms with Gasteiger partial charge < -0.3 is 10.2 Å². The summed E-state index contributed by atoms with van der Waals surface area (Å²) >= 11 is 4.95. The molecule has 1 unspecified atom stereocenters. The Hall–Kier alpha value is -1.79. The van der Waals surface area contributed by atoms with E-state index in [0.717, 1.165) is 14.9 Å². The van der Waals surface area contributed by atoms with Crippen LogP contribution in [0.5, 0.6) is 0 Å². The monoisotopic (exact) mass is 448 g/mol. The first-order chi connectivity index (χ1) is 12.9. The standard InChI is InChI=1S/C21H25BrN2O2S/c1-4-23-21(26)16(3)24(13-17-6-5-7-18(22)12-17)20(25)14-27-19-10-8-15(2)9-11-19/h5-12,16H,4,13-14H2,1-3H3,(H,23,26). The maximum atomic E-state index is 12.9. The van der Waals surface area contributed by atoms with E-state index in [4.69, 9.17) is 0 Å². The molecular weight excluding hydrogens is 424 g/mol. The summed E-state index contributed by atoms with van der Waals surface area (Å²) in [5, 5.41) is 2.81. The first-order valence-corrected chi connectivity index (χ1v) is 10.7. The van der Waals surface area contributed by atoms with Crippen LogP contribution in [0.25, 0.3) is 0 Å². The lowest BCUT2D eigenvalue weighted by molar-refractivity contribution is -0.138. The fraction of sp³-hybridized carbons (Fsp3) is 0.333. The van der Waals surface area contributed by atoms with Crippen LogP contribution in [0.4, 0.5) is 0 Å². The average Bonchev–Trinajstić information content (AvgIpc) is 2.65. The molecule has 0 aromatic heterocycles. The van der Waals surface area contributed by atoms with Crippen molar-refractivity contribution in [3.05, 3.63) is 64.1 Å². The molecule has 0 spiro atoms. The van der Waals surface area contributed by atoms with Crippen LogP contribution in [-0.2, 0) is 16.1 Å². The van der Waals surface area contributed by atoms with Crippen LogP contribution in [-0.4, -0.2) is 35.1 Å². The number of amides is 2. The topological polar surface area (TPSA) is 49.4 Å². The van der Waals surface area contributed by atoms with E-state index in [2.05, 4.69) is 21.2 Å². The van der Waals surface area contributed by atoms with E-state index in [9.17, 15) is 9.59 Å². The number of hydrogen-bond acceptors (Lipinski definition) is 3. The summed E-state index contributed by atoms with van der Waals surface area (Å²) < 4.78 is 0.951. The second-order valence-electron chi connectivity index (χ2n) is 6.32. The van der Waals surface area contributed by atoms with Crippen LogP contribution in [0.15, 0.2) is 57.9 Å². The molecule has 2 amide bonds. The van der Waals surface area contributed by atoms with E-state index < -0.39 is 6.04 Å². The lowest BCUT2D eigenvalue weighted by atomic mass is 10.1. The number of rotatable bonds is 8. The summed E-state index contributed by atoms with van der Waals surface area (Å²) in [5.41, 5.74) is 2.17. The molecule has 0 radical (unpaired) electrons. The number of nitrogens with zero attached hydrogens (tertiary/aromatic N) is 1. The molecule has 6 heteroatoms. The van der Waals surface area contributed by atoms with Crippen molar-refractivity contribution >= 4 is 39.5 Å². The summed E-state index contributed by atoms with van der Waals surface area (Å²) in [6.07, 6.45) is 0. The summed E-state index contributed by atoms with van der Waals surface area (Å²) in [6, 6.07) is 15.4. The predicted octanol–water partition coefficient (Wildman–Crippen LogP) is 4.40. The van der Waals surface area contributed by atoms with Crippen molar-refractivity contribution in [2.75, 3.05) is 12.3 Å². The van der Waals surface area contributed by atoms with Gasteiger partial charge in [-0.1, -0.05) is 45.8 Å². The van der Waals surface area contributed by atoms with Gasteiger partial charge in [-0.15, -0.1) is 11.8 Å². The van der Waals surface area contributed by atoms with Crippen molar-refractivity contribution in [2.24, 2.45) is 0 Å². The molecule has 0 saturated carbocycles. The number of likely N-dealkylation sites (N-methyl/N-ethyl adjacent to an activating group) is 1. The number of halogens is 1. The largest absolute Gasteiger partial charge is 0.355 e. The molecule has 2 rings (SSSR count). The fourth-order valence-electron chi connectivity index (χ4n) is 2.60. The van der Waals surface area contributed by atoms with Gasteiger partial charge in [-0.3, -0.25) is 9.59 Å². The third-order valence-electron chi connectivity index (χ3n) is 4.14. The molecule has 1 atom stereocenters. The maximum Gasteiger partial charge on any atom is 0.242 e. The van der Waals surface area contributed by atoms with Gasteiger partial charge in [0.05, 0.1) is 5.75 Å². The van der Waals surface area contributed by atoms with Crippen molar-refractivity contribution < 1.29 is 9.59 Å². The summed E-state index contributed by atoms with van der Waals surface area (Å²) in [4.78, 5) is 28.0. The quantitative estimate of drug-likeness (QED) is 0.608. The third-order valence-corrected chi connectivity index (χ3v) is 5.63. The van der Waals surface area contributed by atoms with E-state index in [1.54, 1.807) is 11.8 Å². The van der Waals surface area contributed by atoms with Crippen molar-refractivity contribution in [1.82, 2.24) is 10.2 Å². The van der Waals surface area contributed by atoms with Crippen LogP contribution < -0.4 is 5.32 Å². The number of carbonyl (C=O) groups is 2. The number of benzene rings is 2. The van der Waals surface area contributed by atoms with E-state index in [1.807, 2.05) is 62.4 Å². The Kier molecular flexibility index (Phi) is 8.38. The van der Waals surface area contributed by atoms with Crippen LogP contribution in [0.3, 0.4) is 0 Å². The number of thioether (sulfide) groups is 1. The van der Waals surface area contributed by atoms with Crippen molar-refractivity contribution in [1.29, 1.82) is 0 Å². The minimum atomic E-state index is -0.532. The molecule has 144 valence electrons. The summed E-state index contributed by atoms with van der Waals surface area (Å²) in [5.74, 6) is 0.0985. The van der Waals surface area contributed by atoms with Crippen LogP contribution >= 0.6 is 27.7 Å². The van der Waals surface area contributed by atoms with Gasteiger partial charge in [-0.2, -0.15) is 0 Å². The SMILES string of the molecule is CCNC(=O)C(C)N(Cc1cccc(Br)c1)C(=O)CSc1ccc(C)cc1. The third kappa shape index (κ3) is 6.70. The van der Waals surface area contributed by atoms with E-state index in [-0.39, 0.29) is 11.8 Å². The van der Waals surface area contributed by atoms with Crippen LogP contribution in [0, 0.1) is 6.92 Å². The highest BCUT2D eigenvalue weighted by Gasteiger charge is 2.25. The predicted molar refractivity (Wildman–Crippen MR) is 115 cm³/mol. The van der Waals surface area contributed by atoms with Crippen LogP contribution in [0.2, 0.25) is 0 Å². The van der Waals surface area contributed by atoms with Gasteiger partial charge in [0.25, 0.3) is 0 Å². The Morgan fingerprint density at radius 2 is 1.89 bits per heavy atom. The van der Waals surface area contributed by atoms with Gasteiger partial charge in [0.2, 0.25) is 11.8 Å². The molecule has 0 saturated heterocycles. The minimum absolute atomic E-state index is 0.0562. The molecule has 0 fully saturated rings. The molecule has 0 heterocycles. The first-order valence-electron chi connectivity index (χ1n) is 8.91. The van der Waals surface area contributed by atoms with E-state index in [0.29, 0.717) is 18.8 Å². The molecule has 0 aliphatic carbocycles. The molecule has 2 aromatic carbocycles. The highest BCUT2D eigenvalue weighted by Crippen LogP contribution is 2.21. The molecule has 0 bridgehead atoms. The average molecular weight is 449 g/mol. The lowest BCUT2D eigenvalue weighted by Crippen LogP contribution is -2.48. The zero-order chi connectivity index (χ0) is 19.8. The van der Waals surface area contributed by atoms with Crippen LogP contribution in [0.1, 0.15) is 25.0 Å². The second kappa shape index (κ2) is 10.5. The van der Waals surface area contributed by atoms with Gasteiger partial charge in [0, 0.05) is 22.5 Å². The Labute approximate surface area is 173 Å². The Bertz CT molecular complexity index is 780. The molecular formula is C21H25BrN2O2S. The molecule has 0 aliphatic heterocycles. The van der Waals surface area contributed by atoms with Crippen molar-refractivity contribution in [3.8, 4) is 0 Å². The molecule has 4 nitrogen and oxygen atoms in total. The maximum absolute atomic E-state index is 12.9. The smallest absolute Gasteiger partial charge is 0.242 e. The Morgan fingerprint density at radius 3 is 2.52 bits per heavy atom. The summed E-state index contributed by atoms with van der Waals surface area (Å²) in [6.45, 7) is 6.62.